The summed E-state index contributed by atoms with van der Waals surface area (Å²) in [5.74, 6) is -8.51. The van der Waals surface area contributed by atoms with Gasteiger partial charge >= 0.3 is 29.8 Å². The van der Waals surface area contributed by atoms with Crippen LogP contribution in [-0.4, -0.2) is 84.0 Å². The number of hydrogen-bond acceptors (Lipinski definition) is 14. The van der Waals surface area contributed by atoms with Crippen molar-refractivity contribution in [1.29, 1.82) is 0 Å². The first-order valence-corrected chi connectivity index (χ1v) is 14.8. The molecule has 0 radical (unpaired) electrons. The molecular weight excluding hydrogens is 608 g/mol. The van der Waals surface area contributed by atoms with Crippen LogP contribution >= 0.6 is 0 Å². The second-order valence-electron chi connectivity index (χ2n) is 13.2. The number of esters is 5. The summed E-state index contributed by atoms with van der Waals surface area (Å²) >= 11 is 0. The largest absolute Gasteiger partial charge is 0.472 e. The summed E-state index contributed by atoms with van der Waals surface area (Å²) in [7, 11) is 1.18. The minimum absolute atomic E-state index is 0.0708. The fourth-order valence-corrected chi connectivity index (χ4v) is 8.32. The van der Waals surface area contributed by atoms with Crippen LogP contribution in [0.3, 0.4) is 0 Å². The molecule has 14 heteroatoms. The van der Waals surface area contributed by atoms with Crippen molar-refractivity contribution in [2.75, 3.05) is 7.11 Å². The number of cyclic esters (lactones) is 1. The van der Waals surface area contributed by atoms with Gasteiger partial charge in [0, 0.05) is 38.2 Å². The maximum atomic E-state index is 14.9. The Balaban J connectivity index is 1.82. The van der Waals surface area contributed by atoms with E-state index in [-0.39, 0.29) is 12.0 Å². The van der Waals surface area contributed by atoms with Crippen molar-refractivity contribution < 1.29 is 66.7 Å². The number of aliphatic hydroxyl groups is 1. The molecule has 250 valence electrons. The van der Waals surface area contributed by atoms with Crippen molar-refractivity contribution in [3.63, 3.8) is 0 Å². The fourth-order valence-electron chi connectivity index (χ4n) is 8.32. The molecule has 1 aromatic heterocycles. The average molecular weight is 647 g/mol. The number of methoxy groups -OCH3 is 1. The Morgan fingerprint density at radius 1 is 1.00 bits per heavy atom. The molecule has 46 heavy (non-hydrogen) atoms. The zero-order valence-electron chi connectivity index (χ0n) is 26.6. The number of fused-ring (bicyclic) bond motifs is 2. The van der Waals surface area contributed by atoms with Crippen LogP contribution in [0.1, 0.15) is 59.6 Å². The first kappa shape index (κ1) is 33.3. The number of carbonyl (C=O) groups excluding carboxylic acids is 6. The van der Waals surface area contributed by atoms with Gasteiger partial charge in [-0.1, -0.05) is 20.4 Å². The molecule has 14 nitrogen and oxygen atoms in total. The monoisotopic (exact) mass is 646 g/mol. The third kappa shape index (κ3) is 4.59. The van der Waals surface area contributed by atoms with Crippen LogP contribution < -0.4 is 0 Å². The van der Waals surface area contributed by atoms with Crippen LogP contribution in [0.2, 0.25) is 0 Å². The summed E-state index contributed by atoms with van der Waals surface area (Å²) in [6, 6.07) is 1.51. The first-order valence-electron chi connectivity index (χ1n) is 14.8. The Morgan fingerprint density at radius 3 is 2.17 bits per heavy atom. The maximum absolute atomic E-state index is 14.9. The molecule has 2 saturated carbocycles. The topological polar surface area (TPSA) is 191 Å². The molecule has 2 saturated heterocycles. The summed E-state index contributed by atoms with van der Waals surface area (Å²) in [6.45, 7) is 12.3. The summed E-state index contributed by atoms with van der Waals surface area (Å²) < 4.78 is 40.0. The van der Waals surface area contributed by atoms with Crippen molar-refractivity contribution in [2.45, 2.75) is 90.2 Å². The first-order chi connectivity index (χ1) is 21.4. The second-order valence-corrected chi connectivity index (χ2v) is 13.2. The lowest BCUT2D eigenvalue weighted by Crippen LogP contribution is -2.72. The molecule has 1 spiro atoms. The summed E-state index contributed by atoms with van der Waals surface area (Å²) in [5, 5.41) is 12.2. The Labute approximate surface area is 264 Å². The van der Waals surface area contributed by atoms with Crippen LogP contribution in [0.25, 0.3) is 0 Å². The Hall–Kier alpha value is -4.04. The van der Waals surface area contributed by atoms with E-state index in [2.05, 4.69) is 6.58 Å². The van der Waals surface area contributed by atoms with E-state index in [0.717, 1.165) is 20.8 Å². The lowest BCUT2D eigenvalue weighted by atomic mass is 9.56. The summed E-state index contributed by atoms with van der Waals surface area (Å²) in [5.41, 5.74) is -4.90. The quantitative estimate of drug-likeness (QED) is 0.267. The van der Waals surface area contributed by atoms with Crippen LogP contribution in [0, 0.1) is 28.6 Å². The summed E-state index contributed by atoms with van der Waals surface area (Å²) in [6.07, 6.45) is -6.78. The molecular formula is C32H38O14. The lowest BCUT2D eigenvalue weighted by Gasteiger charge is -2.59. The molecule has 0 aromatic carbocycles. The van der Waals surface area contributed by atoms with Gasteiger partial charge in [-0.2, -0.15) is 0 Å². The highest BCUT2D eigenvalue weighted by Crippen LogP contribution is 2.69. The molecule has 4 fully saturated rings. The zero-order chi connectivity index (χ0) is 34.1. The Morgan fingerprint density at radius 2 is 1.63 bits per heavy atom. The average Bonchev–Trinajstić information content (AvgIpc) is 3.52. The number of rotatable bonds is 6. The van der Waals surface area contributed by atoms with Gasteiger partial charge in [-0.05, 0) is 24.5 Å². The number of carbonyl (C=O) groups is 6. The van der Waals surface area contributed by atoms with Gasteiger partial charge in [-0.25, -0.2) is 4.79 Å². The number of aliphatic hydroxyl groups excluding tert-OH is 1. The lowest BCUT2D eigenvalue weighted by molar-refractivity contribution is -0.304. The normalized spacial score (nSPS) is 39.2. The van der Waals surface area contributed by atoms with Crippen molar-refractivity contribution in [3.8, 4) is 0 Å². The van der Waals surface area contributed by atoms with Gasteiger partial charge in [0.1, 0.15) is 29.7 Å². The molecule has 2 bridgehead atoms. The zero-order valence-corrected chi connectivity index (χ0v) is 26.6. The number of ketones is 1. The van der Waals surface area contributed by atoms with E-state index in [1.807, 2.05) is 0 Å². The molecule has 1 aromatic rings. The van der Waals surface area contributed by atoms with Gasteiger partial charge in [0.05, 0.1) is 43.0 Å². The third-order valence-electron chi connectivity index (χ3n) is 10.3. The van der Waals surface area contributed by atoms with Crippen molar-refractivity contribution in [2.24, 2.45) is 28.6 Å². The van der Waals surface area contributed by atoms with Crippen molar-refractivity contribution >= 4 is 35.6 Å². The van der Waals surface area contributed by atoms with Gasteiger partial charge in [-0.3, -0.25) is 24.0 Å². The minimum atomic E-state index is -2.16. The fraction of sp³-hybridized carbons (Fsp3) is 0.625. The van der Waals surface area contributed by atoms with E-state index in [1.165, 1.54) is 32.6 Å². The standard InChI is InChI=1S/C32H38O14/c1-13-20-22(37)21-18(11-19(36)40-8)30(5,6)27(43-15(3)34)24(42-14(2)33)23(21)46-32(13)28(44-16(4)35)29(39)45-26(17-9-10-41-12-17)31(32,7)25(20)38/h9-10,12,18,20-21,23-28,38H,1,11H2,2-8H3/t18-,20?,21?,23?,24-,25+,26?,27+,28-,31+,32?/m1/s1. The third-order valence-corrected chi connectivity index (χ3v) is 10.3. The number of ether oxygens (including phenoxy) is 6. The highest BCUT2D eigenvalue weighted by Gasteiger charge is 2.81. The van der Waals surface area contributed by atoms with Crippen LogP contribution in [0.5, 0.6) is 0 Å². The maximum Gasteiger partial charge on any atom is 0.351 e. The van der Waals surface area contributed by atoms with Gasteiger partial charge in [-0.15, -0.1) is 0 Å². The molecule has 2 aliphatic carbocycles. The molecule has 3 heterocycles. The van der Waals surface area contributed by atoms with E-state index in [9.17, 15) is 33.9 Å². The highest BCUT2D eigenvalue weighted by molar-refractivity contribution is 5.93. The van der Waals surface area contributed by atoms with E-state index in [1.54, 1.807) is 13.8 Å². The van der Waals surface area contributed by atoms with Gasteiger partial charge in [0.25, 0.3) is 0 Å². The van der Waals surface area contributed by atoms with E-state index in [0.29, 0.717) is 5.56 Å². The molecule has 4 aliphatic rings. The molecule has 2 aliphatic heterocycles. The van der Waals surface area contributed by atoms with Crippen LogP contribution in [0.15, 0.2) is 35.2 Å². The predicted octanol–water partition coefficient (Wildman–Crippen LogP) is 1.77. The van der Waals surface area contributed by atoms with E-state index < -0.39 is 106 Å². The van der Waals surface area contributed by atoms with Crippen molar-refractivity contribution in [1.82, 2.24) is 0 Å². The number of hydrogen-bond donors (Lipinski definition) is 1. The molecule has 5 unspecified atom stereocenters. The van der Waals surface area contributed by atoms with E-state index >= 15 is 0 Å². The second kappa shape index (κ2) is 11.3. The number of furan rings is 1. The molecule has 1 N–H and O–H groups in total. The highest BCUT2D eigenvalue weighted by atomic mass is 16.6. The number of Topliss-reactive ketones (excluding diaryl/α,β-unsaturated/α-hetero) is 1. The predicted molar refractivity (Wildman–Crippen MR) is 151 cm³/mol. The van der Waals surface area contributed by atoms with Crippen LogP contribution in [0.4, 0.5) is 0 Å². The van der Waals surface area contributed by atoms with Crippen molar-refractivity contribution in [3.05, 3.63) is 36.3 Å². The molecule has 11 atom stereocenters. The molecule has 5 rings (SSSR count). The Bertz CT molecular complexity index is 1480. The van der Waals surface area contributed by atoms with Gasteiger partial charge in [0.15, 0.2) is 6.10 Å². The minimum Gasteiger partial charge on any atom is -0.472 e. The Kier molecular flexibility index (Phi) is 8.21. The van der Waals surface area contributed by atoms with Crippen LogP contribution in [-0.2, 0) is 57.2 Å². The SMILES string of the molecule is C=C1C2C(=O)C3C(OC14[C@H](OC(C)=O)C(=O)OC(c1ccoc1)[C@]4(C)[C@H]2O)[C@@H](OC(C)=O)[C@H](OC(C)=O)C(C)(C)[C@@H]3CC(=O)OC. The molecule has 0 amide bonds. The summed E-state index contributed by atoms with van der Waals surface area (Å²) in [4.78, 5) is 79.1. The van der Waals surface area contributed by atoms with E-state index in [4.69, 9.17) is 32.8 Å². The van der Waals surface area contributed by atoms with Gasteiger partial charge < -0.3 is 37.9 Å². The smallest absolute Gasteiger partial charge is 0.351 e. The van der Waals surface area contributed by atoms with Gasteiger partial charge in [0.2, 0.25) is 6.10 Å².